The Hall–Kier alpha value is -1.98. The van der Waals surface area contributed by atoms with Crippen molar-refractivity contribution in [1.29, 1.82) is 0 Å². The lowest BCUT2D eigenvalue weighted by atomic mass is 10.1. The number of thioether (sulfide) groups is 1. The van der Waals surface area contributed by atoms with Crippen molar-refractivity contribution >= 4 is 35.2 Å². The van der Waals surface area contributed by atoms with Gasteiger partial charge >= 0.3 is 0 Å². The SMILES string of the molecule is CC[C@@H](C)NC(=O)[C@H](CC)N(Cc1ccccc1Cl)C(=O)CCSc1ccccc1. The summed E-state index contributed by atoms with van der Waals surface area (Å²) in [4.78, 5) is 28.9. The number of carbonyl (C=O) groups excluding carboxylic acids is 2. The molecule has 4 nitrogen and oxygen atoms in total. The van der Waals surface area contributed by atoms with Gasteiger partial charge in [-0.25, -0.2) is 0 Å². The van der Waals surface area contributed by atoms with Gasteiger partial charge in [0.15, 0.2) is 0 Å². The van der Waals surface area contributed by atoms with E-state index in [1.54, 1.807) is 16.7 Å². The molecule has 2 rings (SSSR count). The number of nitrogens with one attached hydrogen (secondary N) is 1. The molecule has 0 aliphatic carbocycles. The van der Waals surface area contributed by atoms with Crippen LogP contribution in [-0.4, -0.2) is 34.6 Å². The predicted molar refractivity (Wildman–Crippen MR) is 126 cm³/mol. The van der Waals surface area contributed by atoms with Crippen LogP contribution in [0, 0.1) is 0 Å². The molecule has 0 unspecified atom stereocenters. The summed E-state index contributed by atoms with van der Waals surface area (Å²) in [7, 11) is 0. The van der Waals surface area contributed by atoms with Crippen molar-refractivity contribution in [2.24, 2.45) is 0 Å². The molecule has 0 spiro atoms. The quantitative estimate of drug-likeness (QED) is 0.460. The van der Waals surface area contributed by atoms with E-state index in [9.17, 15) is 9.59 Å². The third-order valence-corrected chi connectivity index (χ3v) is 6.40. The highest BCUT2D eigenvalue weighted by molar-refractivity contribution is 7.99. The van der Waals surface area contributed by atoms with Crippen LogP contribution in [0.1, 0.15) is 45.6 Å². The van der Waals surface area contributed by atoms with E-state index in [-0.39, 0.29) is 17.9 Å². The summed E-state index contributed by atoms with van der Waals surface area (Å²) in [5.74, 6) is 0.512. The van der Waals surface area contributed by atoms with Crippen LogP contribution in [0.25, 0.3) is 0 Å². The summed E-state index contributed by atoms with van der Waals surface area (Å²) in [5, 5.41) is 3.63. The van der Waals surface area contributed by atoms with E-state index >= 15 is 0 Å². The summed E-state index contributed by atoms with van der Waals surface area (Å²) >= 11 is 7.99. The number of nitrogens with zero attached hydrogens (tertiary/aromatic N) is 1. The standard InChI is InChI=1S/C24H31ClN2O2S/c1-4-18(3)26-24(29)22(5-2)27(17-19-11-9-10-14-21(19)25)23(28)15-16-30-20-12-7-6-8-13-20/h6-14,18,22H,4-5,15-17H2,1-3H3,(H,26,29)/t18-,22+/m1/s1. The van der Waals surface area contributed by atoms with Crippen molar-refractivity contribution in [3.05, 3.63) is 65.2 Å². The van der Waals surface area contributed by atoms with Crippen LogP contribution in [0.4, 0.5) is 0 Å². The lowest BCUT2D eigenvalue weighted by Gasteiger charge is -2.31. The predicted octanol–water partition coefficient (Wildman–Crippen LogP) is 5.54. The van der Waals surface area contributed by atoms with Gasteiger partial charge in [0, 0.05) is 34.7 Å². The van der Waals surface area contributed by atoms with Crippen LogP contribution in [0.5, 0.6) is 0 Å². The van der Waals surface area contributed by atoms with Crippen molar-refractivity contribution in [1.82, 2.24) is 10.2 Å². The normalized spacial score (nSPS) is 12.8. The highest BCUT2D eigenvalue weighted by Gasteiger charge is 2.29. The smallest absolute Gasteiger partial charge is 0.243 e. The fraction of sp³-hybridized carbons (Fsp3) is 0.417. The van der Waals surface area contributed by atoms with E-state index in [1.165, 1.54) is 0 Å². The van der Waals surface area contributed by atoms with Gasteiger partial charge < -0.3 is 10.2 Å². The van der Waals surface area contributed by atoms with E-state index < -0.39 is 6.04 Å². The summed E-state index contributed by atoms with van der Waals surface area (Å²) in [6.07, 6.45) is 1.75. The molecule has 162 valence electrons. The molecule has 0 aromatic heterocycles. The Bertz CT molecular complexity index is 816. The number of amides is 2. The van der Waals surface area contributed by atoms with Gasteiger partial charge in [0.05, 0.1) is 0 Å². The lowest BCUT2D eigenvalue weighted by molar-refractivity contribution is -0.141. The Morgan fingerprint density at radius 1 is 1.03 bits per heavy atom. The number of carbonyl (C=O) groups is 2. The van der Waals surface area contributed by atoms with Gasteiger partial charge in [-0.3, -0.25) is 9.59 Å². The molecule has 0 bridgehead atoms. The first-order valence-electron chi connectivity index (χ1n) is 10.5. The topological polar surface area (TPSA) is 49.4 Å². The maximum atomic E-state index is 13.2. The Kier molecular flexibility index (Phi) is 10.2. The number of hydrogen-bond donors (Lipinski definition) is 1. The molecule has 0 saturated heterocycles. The van der Waals surface area contributed by atoms with Gasteiger partial charge in [-0.2, -0.15) is 0 Å². The Morgan fingerprint density at radius 3 is 2.33 bits per heavy atom. The molecule has 0 radical (unpaired) electrons. The van der Waals surface area contributed by atoms with Crippen LogP contribution in [0.15, 0.2) is 59.5 Å². The lowest BCUT2D eigenvalue weighted by Crippen LogP contribution is -2.50. The maximum Gasteiger partial charge on any atom is 0.243 e. The molecule has 2 atom stereocenters. The van der Waals surface area contributed by atoms with Crippen molar-refractivity contribution in [2.75, 3.05) is 5.75 Å². The second-order valence-corrected chi connectivity index (χ2v) is 8.84. The molecule has 1 N–H and O–H groups in total. The molecule has 0 heterocycles. The van der Waals surface area contributed by atoms with Crippen LogP contribution in [0.2, 0.25) is 5.02 Å². The third-order valence-electron chi connectivity index (χ3n) is 5.01. The molecule has 2 amide bonds. The highest BCUT2D eigenvalue weighted by atomic mass is 35.5. The number of hydrogen-bond acceptors (Lipinski definition) is 3. The second kappa shape index (κ2) is 12.7. The Morgan fingerprint density at radius 2 is 1.70 bits per heavy atom. The number of benzene rings is 2. The van der Waals surface area contributed by atoms with Gasteiger partial charge in [0.1, 0.15) is 6.04 Å². The molecule has 6 heteroatoms. The largest absolute Gasteiger partial charge is 0.352 e. The fourth-order valence-electron chi connectivity index (χ4n) is 3.09. The molecule has 30 heavy (non-hydrogen) atoms. The molecule has 2 aromatic rings. The van der Waals surface area contributed by atoms with Crippen molar-refractivity contribution < 1.29 is 9.59 Å². The average Bonchev–Trinajstić information content (AvgIpc) is 2.75. The van der Waals surface area contributed by atoms with Crippen molar-refractivity contribution in [2.45, 2.75) is 63.6 Å². The van der Waals surface area contributed by atoms with Crippen LogP contribution in [0.3, 0.4) is 0 Å². The molecular weight excluding hydrogens is 416 g/mol. The van der Waals surface area contributed by atoms with E-state index in [0.717, 1.165) is 16.9 Å². The summed E-state index contributed by atoms with van der Waals surface area (Å²) < 4.78 is 0. The van der Waals surface area contributed by atoms with Crippen LogP contribution >= 0.6 is 23.4 Å². The summed E-state index contributed by atoms with van der Waals surface area (Å²) in [5.41, 5.74) is 0.845. The zero-order valence-corrected chi connectivity index (χ0v) is 19.5. The highest BCUT2D eigenvalue weighted by Crippen LogP contribution is 2.22. The summed E-state index contributed by atoms with van der Waals surface area (Å²) in [6.45, 7) is 6.26. The minimum absolute atomic E-state index is 0.0375. The third kappa shape index (κ3) is 7.37. The summed E-state index contributed by atoms with van der Waals surface area (Å²) in [6, 6.07) is 17.0. The Labute approximate surface area is 189 Å². The van der Waals surface area contributed by atoms with Gasteiger partial charge in [0.25, 0.3) is 0 Å². The van der Waals surface area contributed by atoms with Gasteiger partial charge in [-0.05, 0) is 43.5 Å². The van der Waals surface area contributed by atoms with Gasteiger partial charge in [0.2, 0.25) is 11.8 Å². The molecule has 0 fully saturated rings. The zero-order chi connectivity index (χ0) is 21.9. The van der Waals surface area contributed by atoms with Crippen LogP contribution < -0.4 is 5.32 Å². The molecule has 0 saturated carbocycles. The zero-order valence-electron chi connectivity index (χ0n) is 17.9. The minimum Gasteiger partial charge on any atom is -0.352 e. The number of rotatable bonds is 11. The van der Waals surface area contributed by atoms with Gasteiger partial charge in [-0.15, -0.1) is 11.8 Å². The molecule has 2 aromatic carbocycles. The Balaban J connectivity index is 2.15. The monoisotopic (exact) mass is 446 g/mol. The van der Waals surface area contributed by atoms with Crippen molar-refractivity contribution in [3.63, 3.8) is 0 Å². The fourth-order valence-corrected chi connectivity index (χ4v) is 4.14. The van der Waals surface area contributed by atoms with E-state index in [1.807, 2.05) is 75.4 Å². The van der Waals surface area contributed by atoms with Crippen molar-refractivity contribution in [3.8, 4) is 0 Å². The van der Waals surface area contributed by atoms with E-state index in [0.29, 0.717) is 30.2 Å². The average molecular weight is 447 g/mol. The van der Waals surface area contributed by atoms with E-state index in [4.69, 9.17) is 11.6 Å². The minimum atomic E-state index is -0.524. The number of halogens is 1. The van der Waals surface area contributed by atoms with E-state index in [2.05, 4.69) is 5.32 Å². The molecule has 0 aliphatic rings. The maximum absolute atomic E-state index is 13.2. The molecule has 0 aliphatic heterocycles. The van der Waals surface area contributed by atoms with Gasteiger partial charge in [-0.1, -0.05) is 61.8 Å². The first-order valence-corrected chi connectivity index (χ1v) is 11.8. The second-order valence-electron chi connectivity index (χ2n) is 7.27. The first kappa shape index (κ1) is 24.3. The molecular formula is C24H31ClN2O2S. The first-order chi connectivity index (χ1) is 14.5. The van der Waals surface area contributed by atoms with Crippen LogP contribution in [-0.2, 0) is 16.1 Å².